The summed E-state index contributed by atoms with van der Waals surface area (Å²) in [6.45, 7) is 2.41. The standard InChI is InChI=1S/C13H15ClN4/c1-8-2-3-9(6-11(8)14)13-17-16-12(7-15)18(13)10-4-5-10/h2-3,6,10H,4-5,7,15H2,1H3. The number of halogens is 1. The summed E-state index contributed by atoms with van der Waals surface area (Å²) in [7, 11) is 0. The molecular formula is C13H15ClN4. The number of nitrogens with two attached hydrogens (primary N) is 1. The van der Waals surface area contributed by atoms with Gasteiger partial charge in [-0.2, -0.15) is 0 Å². The lowest BCUT2D eigenvalue weighted by molar-refractivity contribution is 0.688. The van der Waals surface area contributed by atoms with Gasteiger partial charge in [0.25, 0.3) is 0 Å². The lowest BCUT2D eigenvalue weighted by Gasteiger charge is -2.08. The Balaban J connectivity index is 2.10. The van der Waals surface area contributed by atoms with Gasteiger partial charge in [0, 0.05) is 16.6 Å². The average Bonchev–Trinajstić information content (AvgIpc) is 3.12. The van der Waals surface area contributed by atoms with E-state index in [-0.39, 0.29) is 0 Å². The van der Waals surface area contributed by atoms with Gasteiger partial charge >= 0.3 is 0 Å². The highest BCUT2D eigenvalue weighted by Gasteiger charge is 2.29. The largest absolute Gasteiger partial charge is 0.324 e. The van der Waals surface area contributed by atoms with Crippen molar-refractivity contribution >= 4 is 11.6 Å². The van der Waals surface area contributed by atoms with Crippen molar-refractivity contribution in [2.45, 2.75) is 32.4 Å². The number of hydrogen-bond acceptors (Lipinski definition) is 3. The summed E-state index contributed by atoms with van der Waals surface area (Å²) in [5.41, 5.74) is 7.78. The maximum atomic E-state index is 6.17. The first kappa shape index (κ1) is 11.7. The molecule has 94 valence electrons. The minimum atomic E-state index is 0.420. The summed E-state index contributed by atoms with van der Waals surface area (Å²) in [5.74, 6) is 1.73. The molecule has 1 aliphatic carbocycles. The number of aromatic nitrogens is 3. The van der Waals surface area contributed by atoms with Crippen molar-refractivity contribution < 1.29 is 0 Å². The molecule has 0 atom stereocenters. The van der Waals surface area contributed by atoms with Gasteiger partial charge in [-0.1, -0.05) is 23.7 Å². The summed E-state index contributed by atoms with van der Waals surface area (Å²) in [6.07, 6.45) is 2.36. The molecule has 3 rings (SSSR count). The molecule has 4 nitrogen and oxygen atoms in total. The molecule has 0 saturated heterocycles. The fraction of sp³-hybridized carbons (Fsp3) is 0.385. The normalized spacial score (nSPS) is 15.1. The van der Waals surface area contributed by atoms with Gasteiger partial charge in [-0.25, -0.2) is 0 Å². The second-order valence-electron chi connectivity index (χ2n) is 4.71. The van der Waals surface area contributed by atoms with Crippen LogP contribution in [0.4, 0.5) is 0 Å². The molecule has 1 aromatic heterocycles. The van der Waals surface area contributed by atoms with E-state index in [1.54, 1.807) is 0 Å². The van der Waals surface area contributed by atoms with Gasteiger partial charge in [0.15, 0.2) is 5.82 Å². The second-order valence-corrected chi connectivity index (χ2v) is 5.12. The summed E-state index contributed by atoms with van der Waals surface area (Å²) < 4.78 is 2.15. The van der Waals surface area contributed by atoms with Crippen molar-refractivity contribution in [2.24, 2.45) is 5.73 Å². The van der Waals surface area contributed by atoms with E-state index in [1.807, 2.05) is 25.1 Å². The zero-order valence-electron chi connectivity index (χ0n) is 10.2. The van der Waals surface area contributed by atoms with Crippen LogP contribution in [0.5, 0.6) is 0 Å². The van der Waals surface area contributed by atoms with Crippen LogP contribution < -0.4 is 5.73 Å². The summed E-state index contributed by atoms with van der Waals surface area (Å²) in [6, 6.07) is 6.49. The van der Waals surface area contributed by atoms with E-state index in [4.69, 9.17) is 17.3 Å². The Labute approximate surface area is 111 Å². The van der Waals surface area contributed by atoms with Gasteiger partial charge in [0.2, 0.25) is 0 Å². The van der Waals surface area contributed by atoms with Crippen molar-refractivity contribution in [1.29, 1.82) is 0 Å². The van der Waals surface area contributed by atoms with E-state index < -0.39 is 0 Å². The highest BCUT2D eigenvalue weighted by atomic mass is 35.5. The first-order valence-electron chi connectivity index (χ1n) is 6.11. The monoisotopic (exact) mass is 262 g/mol. The molecule has 0 amide bonds. The predicted molar refractivity (Wildman–Crippen MR) is 71.4 cm³/mol. The zero-order chi connectivity index (χ0) is 12.7. The van der Waals surface area contributed by atoms with Crippen LogP contribution in [0.1, 0.15) is 30.3 Å². The molecule has 1 saturated carbocycles. The molecular weight excluding hydrogens is 248 g/mol. The molecule has 0 bridgehead atoms. The quantitative estimate of drug-likeness (QED) is 0.925. The number of nitrogens with zero attached hydrogens (tertiary/aromatic N) is 3. The van der Waals surface area contributed by atoms with Crippen molar-refractivity contribution in [2.75, 3.05) is 0 Å². The Morgan fingerprint density at radius 2 is 2.17 bits per heavy atom. The van der Waals surface area contributed by atoms with Crippen LogP contribution in [0.15, 0.2) is 18.2 Å². The third-order valence-corrected chi connectivity index (χ3v) is 3.70. The van der Waals surface area contributed by atoms with Crippen LogP contribution in [-0.4, -0.2) is 14.8 Å². The molecule has 0 radical (unpaired) electrons. The van der Waals surface area contributed by atoms with Crippen molar-refractivity contribution in [1.82, 2.24) is 14.8 Å². The highest BCUT2D eigenvalue weighted by Crippen LogP contribution is 2.39. The van der Waals surface area contributed by atoms with E-state index in [0.29, 0.717) is 12.6 Å². The molecule has 1 aromatic carbocycles. The van der Waals surface area contributed by atoms with Crippen molar-refractivity contribution in [3.8, 4) is 11.4 Å². The molecule has 0 unspecified atom stereocenters. The Morgan fingerprint density at radius 1 is 1.39 bits per heavy atom. The Bertz CT molecular complexity index is 587. The van der Waals surface area contributed by atoms with E-state index in [0.717, 1.165) is 27.8 Å². The van der Waals surface area contributed by atoms with Gasteiger partial charge in [-0.3, -0.25) is 0 Å². The molecule has 1 fully saturated rings. The van der Waals surface area contributed by atoms with E-state index in [2.05, 4.69) is 14.8 Å². The molecule has 1 heterocycles. The third kappa shape index (κ3) is 1.91. The maximum absolute atomic E-state index is 6.17. The van der Waals surface area contributed by atoms with Crippen LogP contribution >= 0.6 is 11.6 Å². The van der Waals surface area contributed by atoms with E-state index >= 15 is 0 Å². The molecule has 1 aliphatic rings. The van der Waals surface area contributed by atoms with Crippen LogP contribution in [-0.2, 0) is 6.54 Å². The SMILES string of the molecule is Cc1ccc(-c2nnc(CN)n2C2CC2)cc1Cl. The topological polar surface area (TPSA) is 56.7 Å². The third-order valence-electron chi connectivity index (χ3n) is 3.29. The van der Waals surface area contributed by atoms with Crippen LogP contribution in [0.3, 0.4) is 0 Å². The number of rotatable bonds is 3. The van der Waals surface area contributed by atoms with Gasteiger partial charge < -0.3 is 10.3 Å². The summed E-state index contributed by atoms with van der Waals surface area (Å²) >= 11 is 6.17. The maximum Gasteiger partial charge on any atom is 0.164 e. The first-order chi connectivity index (χ1) is 8.70. The molecule has 18 heavy (non-hydrogen) atoms. The predicted octanol–water partition coefficient (Wildman–Crippen LogP) is 2.70. The minimum absolute atomic E-state index is 0.420. The molecule has 2 aromatic rings. The molecule has 5 heteroatoms. The average molecular weight is 263 g/mol. The lowest BCUT2D eigenvalue weighted by atomic mass is 10.1. The fourth-order valence-corrected chi connectivity index (χ4v) is 2.29. The Kier molecular flexibility index (Phi) is 2.84. The zero-order valence-corrected chi connectivity index (χ0v) is 11.0. The summed E-state index contributed by atoms with van der Waals surface area (Å²) in [5, 5.41) is 9.19. The number of aryl methyl sites for hydroxylation is 1. The van der Waals surface area contributed by atoms with Gasteiger partial charge in [-0.05, 0) is 31.4 Å². The van der Waals surface area contributed by atoms with Crippen LogP contribution in [0.2, 0.25) is 5.02 Å². The molecule has 2 N–H and O–H groups in total. The molecule has 0 spiro atoms. The van der Waals surface area contributed by atoms with Gasteiger partial charge in [0.05, 0.1) is 6.54 Å². The number of hydrogen-bond donors (Lipinski definition) is 1. The van der Waals surface area contributed by atoms with Crippen LogP contribution in [0, 0.1) is 6.92 Å². The van der Waals surface area contributed by atoms with Crippen molar-refractivity contribution in [3.63, 3.8) is 0 Å². The minimum Gasteiger partial charge on any atom is -0.324 e. The van der Waals surface area contributed by atoms with Gasteiger partial charge in [0.1, 0.15) is 5.82 Å². The smallest absolute Gasteiger partial charge is 0.164 e. The number of benzene rings is 1. The first-order valence-corrected chi connectivity index (χ1v) is 6.49. The van der Waals surface area contributed by atoms with E-state index in [9.17, 15) is 0 Å². The summed E-state index contributed by atoms with van der Waals surface area (Å²) in [4.78, 5) is 0. The Morgan fingerprint density at radius 3 is 2.78 bits per heavy atom. The van der Waals surface area contributed by atoms with Crippen LogP contribution in [0.25, 0.3) is 11.4 Å². The molecule has 0 aliphatic heterocycles. The van der Waals surface area contributed by atoms with Gasteiger partial charge in [-0.15, -0.1) is 10.2 Å². The van der Waals surface area contributed by atoms with Crippen molar-refractivity contribution in [3.05, 3.63) is 34.6 Å². The highest BCUT2D eigenvalue weighted by molar-refractivity contribution is 6.31. The fourth-order valence-electron chi connectivity index (χ4n) is 2.11. The Hall–Kier alpha value is -1.39. The second kappa shape index (κ2) is 4.37. The van der Waals surface area contributed by atoms with E-state index in [1.165, 1.54) is 12.8 Å². The lowest BCUT2D eigenvalue weighted by Crippen LogP contribution is -2.08.